The van der Waals surface area contributed by atoms with E-state index < -0.39 is 0 Å². The molecule has 1 atom stereocenters. The number of nitrogens with zero attached hydrogens (tertiary/aromatic N) is 6. The lowest BCUT2D eigenvalue weighted by atomic mass is 9.74. The molecule has 4 heterocycles. The van der Waals surface area contributed by atoms with E-state index in [1.807, 2.05) is 47.8 Å². The van der Waals surface area contributed by atoms with Gasteiger partial charge in [-0.2, -0.15) is 10.2 Å². The molecule has 2 aliphatic heterocycles. The Morgan fingerprint density at radius 2 is 1.76 bits per heavy atom. The Labute approximate surface area is 148 Å². The normalized spacial score (nSPS) is 23.7. The van der Waals surface area contributed by atoms with Gasteiger partial charge in [-0.15, -0.1) is 0 Å². The molecular formula is C18H26N6O. The summed E-state index contributed by atoms with van der Waals surface area (Å²) in [5.74, 6) is 0.508. The fourth-order valence-electron chi connectivity index (χ4n) is 4.63. The van der Waals surface area contributed by atoms with Crippen LogP contribution in [0.25, 0.3) is 0 Å². The molecule has 134 valence electrons. The second kappa shape index (κ2) is 5.98. The maximum atomic E-state index is 12.5. The lowest BCUT2D eigenvalue weighted by Gasteiger charge is -2.46. The maximum absolute atomic E-state index is 12.5. The monoisotopic (exact) mass is 342 g/mol. The van der Waals surface area contributed by atoms with Crippen molar-refractivity contribution in [3.63, 3.8) is 0 Å². The molecule has 1 amide bonds. The summed E-state index contributed by atoms with van der Waals surface area (Å²) in [5.41, 5.74) is 2.38. The summed E-state index contributed by atoms with van der Waals surface area (Å²) in [7, 11) is 5.87. The molecule has 7 nitrogen and oxygen atoms in total. The third kappa shape index (κ3) is 2.76. The Morgan fingerprint density at radius 3 is 2.36 bits per heavy atom. The molecule has 0 radical (unpaired) electrons. The Hall–Kier alpha value is -2.15. The standard InChI is InChI=1S/C18H26N6O/c1-21-11-14(9-19-21)12-24-6-4-18(5-7-24)16(8-17(25)23(18)3)15-10-20-22(2)13-15/h9-11,13,16H,4-8,12H2,1-3H3/t16-/m1/s1. The maximum Gasteiger partial charge on any atom is 0.223 e. The van der Waals surface area contributed by atoms with Crippen molar-refractivity contribution < 1.29 is 4.79 Å². The number of aromatic nitrogens is 4. The topological polar surface area (TPSA) is 59.2 Å². The van der Waals surface area contributed by atoms with Crippen LogP contribution in [0.15, 0.2) is 24.8 Å². The van der Waals surface area contributed by atoms with Crippen molar-refractivity contribution in [3.8, 4) is 0 Å². The van der Waals surface area contributed by atoms with E-state index in [4.69, 9.17) is 0 Å². The fraction of sp³-hybridized carbons (Fsp3) is 0.611. The summed E-state index contributed by atoms with van der Waals surface area (Å²) in [6.07, 6.45) is 10.6. The van der Waals surface area contributed by atoms with E-state index in [-0.39, 0.29) is 17.4 Å². The molecule has 25 heavy (non-hydrogen) atoms. The second-order valence-corrected chi connectivity index (χ2v) is 7.56. The van der Waals surface area contributed by atoms with Crippen molar-refractivity contribution in [2.24, 2.45) is 14.1 Å². The van der Waals surface area contributed by atoms with Crippen LogP contribution in [0.4, 0.5) is 0 Å². The van der Waals surface area contributed by atoms with E-state index in [1.165, 1.54) is 11.1 Å². The molecule has 0 N–H and O–H groups in total. The predicted octanol–water partition coefficient (Wildman–Crippen LogP) is 1.13. The number of rotatable bonds is 3. The first kappa shape index (κ1) is 16.3. The van der Waals surface area contributed by atoms with Crippen molar-refractivity contribution in [2.45, 2.75) is 37.3 Å². The van der Waals surface area contributed by atoms with E-state index in [9.17, 15) is 4.79 Å². The summed E-state index contributed by atoms with van der Waals surface area (Å²) in [6, 6.07) is 0. The zero-order chi connectivity index (χ0) is 17.6. The van der Waals surface area contributed by atoms with Gasteiger partial charge in [0.2, 0.25) is 5.91 Å². The van der Waals surface area contributed by atoms with Gasteiger partial charge in [0.05, 0.1) is 17.9 Å². The fourth-order valence-corrected chi connectivity index (χ4v) is 4.63. The first-order chi connectivity index (χ1) is 12.0. The van der Waals surface area contributed by atoms with Crippen LogP contribution < -0.4 is 0 Å². The van der Waals surface area contributed by atoms with E-state index in [0.717, 1.165) is 32.5 Å². The van der Waals surface area contributed by atoms with E-state index in [0.29, 0.717) is 6.42 Å². The number of carbonyl (C=O) groups excluding carboxylic acids is 1. The number of amides is 1. The molecule has 2 aromatic heterocycles. The van der Waals surface area contributed by atoms with Gasteiger partial charge < -0.3 is 4.90 Å². The zero-order valence-corrected chi connectivity index (χ0v) is 15.2. The Bertz CT molecular complexity index is 770. The van der Waals surface area contributed by atoms with Crippen LogP contribution in [0.2, 0.25) is 0 Å². The second-order valence-electron chi connectivity index (χ2n) is 7.56. The summed E-state index contributed by atoms with van der Waals surface area (Å²) >= 11 is 0. The minimum Gasteiger partial charge on any atom is -0.339 e. The average molecular weight is 342 g/mol. The van der Waals surface area contributed by atoms with Gasteiger partial charge >= 0.3 is 0 Å². The predicted molar refractivity (Wildman–Crippen MR) is 93.8 cm³/mol. The number of hydrogen-bond acceptors (Lipinski definition) is 4. The molecular weight excluding hydrogens is 316 g/mol. The molecule has 0 aromatic carbocycles. The minimum atomic E-state index is -0.0639. The van der Waals surface area contributed by atoms with Crippen molar-refractivity contribution in [3.05, 3.63) is 35.9 Å². The van der Waals surface area contributed by atoms with Gasteiger partial charge in [-0.1, -0.05) is 0 Å². The summed E-state index contributed by atoms with van der Waals surface area (Å²) in [5, 5.41) is 8.59. The van der Waals surface area contributed by atoms with Gasteiger partial charge in [0, 0.05) is 71.1 Å². The average Bonchev–Trinajstić information content (AvgIpc) is 3.26. The van der Waals surface area contributed by atoms with Gasteiger partial charge in [0.1, 0.15) is 0 Å². The summed E-state index contributed by atoms with van der Waals surface area (Å²) in [4.78, 5) is 17.0. The Morgan fingerprint density at radius 1 is 1.08 bits per heavy atom. The highest BCUT2D eigenvalue weighted by molar-refractivity contribution is 5.81. The number of hydrogen-bond donors (Lipinski definition) is 0. The van der Waals surface area contributed by atoms with Crippen LogP contribution >= 0.6 is 0 Å². The largest absolute Gasteiger partial charge is 0.339 e. The molecule has 2 saturated heterocycles. The number of carbonyl (C=O) groups is 1. The van der Waals surface area contributed by atoms with Crippen LogP contribution in [0, 0.1) is 0 Å². The third-order valence-corrected chi connectivity index (χ3v) is 6.08. The molecule has 2 fully saturated rings. The quantitative estimate of drug-likeness (QED) is 0.839. The van der Waals surface area contributed by atoms with Crippen molar-refractivity contribution in [2.75, 3.05) is 20.1 Å². The van der Waals surface area contributed by atoms with Crippen LogP contribution in [-0.2, 0) is 25.4 Å². The van der Waals surface area contributed by atoms with Crippen molar-refractivity contribution in [1.29, 1.82) is 0 Å². The van der Waals surface area contributed by atoms with E-state index in [1.54, 1.807) is 0 Å². The highest BCUT2D eigenvalue weighted by atomic mass is 16.2. The van der Waals surface area contributed by atoms with Gasteiger partial charge in [-0.3, -0.25) is 19.1 Å². The molecule has 4 rings (SSSR count). The SMILES string of the molecule is CN1C(=O)C[C@H](c2cnn(C)c2)C12CCN(Cc1cnn(C)c1)CC2. The van der Waals surface area contributed by atoms with Crippen LogP contribution in [0.1, 0.15) is 36.3 Å². The van der Waals surface area contributed by atoms with Gasteiger partial charge in [0.25, 0.3) is 0 Å². The first-order valence-electron chi connectivity index (χ1n) is 8.93. The summed E-state index contributed by atoms with van der Waals surface area (Å²) in [6.45, 7) is 2.94. The number of likely N-dealkylation sites (N-methyl/N-ethyl adjacent to an activating group) is 1. The molecule has 1 spiro atoms. The minimum absolute atomic E-state index is 0.0639. The molecule has 7 heteroatoms. The Kier molecular flexibility index (Phi) is 3.91. The smallest absolute Gasteiger partial charge is 0.223 e. The number of piperidine rings is 1. The van der Waals surface area contributed by atoms with Crippen LogP contribution in [-0.4, -0.2) is 60.9 Å². The van der Waals surface area contributed by atoms with Gasteiger partial charge in [-0.25, -0.2) is 0 Å². The van der Waals surface area contributed by atoms with Gasteiger partial charge in [0.15, 0.2) is 0 Å². The molecule has 2 aromatic rings. The lowest BCUT2D eigenvalue weighted by Crippen LogP contribution is -2.53. The zero-order valence-electron chi connectivity index (χ0n) is 15.2. The van der Waals surface area contributed by atoms with Crippen molar-refractivity contribution in [1.82, 2.24) is 29.4 Å². The summed E-state index contributed by atoms with van der Waals surface area (Å²) < 4.78 is 3.69. The highest BCUT2D eigenvalue weighted by Gasteiger charge is 2.52. The number of aryl methyl sites for hydroxylation is 2. The third-order valence-electron chi connectivity index (χ3n) is 6.08. The van der Waals surface area contributed by atoms with Crippen LogP contribution in [0.5, 0.6) is 0 Å². The molecule has 0 unspecified atom stereocenters. The molecule has 0 aliphatic carbocycles. The molecule has 0 saturated carbocycles. The van der Waals surface area contributed by atoms with Crippen LogP contribution in [0.3, 0.4) is 0 Å². The Balaban J connectivity index is 1.51. The first-order valence-corrected chi connectivity index (χ1v) is 8.93. The molecule has 0 bridgehead atoms. The van der Waals surface area contributed by atoms with Crippen molar-refractivity contribution >= 4 is 5.91 Å². The number of likely N-dealkylation sites (tertiary alicyclic amines) is 2. The van der Waals surface area contributed by atoms with E-state index >= 15 is 0 Å². The van der Waals surface area contributed by atoms with E-state index in [2.05, 4.69) is 27.5 Å². The highest BCUT2D eigenvalue weighted by Crippen LogP contribution is 2.48. The van der Waals surface area contributed by atoms with Gasteiger partial charge in [-0.05, 0) is 18.4 Å². The lowest BCUT2D eigenvalue weighted by molar-refractivity contribution is -0.130. The molecule has 2 aliphatic rings.